The second-order valence-corrected chi connectivity index (χ2v) is 14.4. The standard InChI is InChI=1S/C26H21N3O.C18H16BrN3.ClH/c27-25-20-12-13-29(16-17-6-2-1-3-7-17)26(20)28-22-11-10-19(14-21(22)25)24-15-18-8-4-5-9-23(18)30-24;19-13-6-7-16-15(10-13)17(20)14-8-9-22(18(14)21-16)11-12-4-2-1-3-5-12;/h1-11,14-15H,12-13,16H2,(H2,27,28);1-7,10H,8-9,11H2,(H2,20,21);1H. The van der Waals surface area contributed by atoms with Crippen molar-refractivity contribution in [2.75, 3.05) is 34.4 Å². The van der Waals surface area contributed by atoms with Crippen LogP contribution in [0.1, 0.15) is 22.3 Å². The first-order valence-corrected chi connectivity index (χ1v) is 18.4. The van der Waals surface area contributed by atoms with E-state index in [0.717, 1.165) is 116 Å². The highest BCUT2D eigenvalue weighted by Crippen LogP contribution is 2.39. The summed E-state index contributed by atoms with van der Waals surface area (Å²) in [5.74, 6) is 2.90. The minimum absolute atomic E-state index is 0. The number of pyridine rings is 2. The highest BCUT2D eigenvalue weighted by molar-refractivity contribution is 9.10. The molecule has 3 aromatic heterocycles. The zero-order valence-corrected chi connectivity index (χ0v) is 31.4. The number of nitrogen functional groups attached to an aromatic ring is 2. The maximum atomic E-state index is 6.65. The summed E-state index contributed by atoms with van der Waals surface area (Å²) in [6, 6.07) is 43.5. The normalized spacial score (nSPS) is 13.2. The van der Waals surface area contributed by atoms with Crippen LogP contribution in [-0.2, 0) is 25.9 Å². The molecule has 2 aliphatic rings. The first-order valence-electron chi connectivity index (χ1n) is 17.6. The monoisotopic (exact) mass is 780 g/mol. The van der Waals surface area contributed by atoms with Crippen molar-refractivity contribution in [1.82, 2.24) is 9.97 Å². The Kier molecular flexibility index (Phi) is 9.41. The molecular weight excluding hydrogens is 744 g/mol. The molecule has 5 aromatic carbocycles. The van der Waals surface area contributed by atoms with E-state index in [1.54, 1.807) is 0 Å². The number of halogens is 2. The third-order valence-corrected chi connectivity index (χ3v) is 10.7. The minimum atomic E-state index is 0. The summed E-state index contributed by atoms with van der Waals surface area (Å²) in [4.78, 5) is 14.5. The number of nitrogens with zero attached hydrogens (tertiary/aromatic N) is 4. The van der Waals surface area contributed by atoms with E-state index in [1.165, 1.54) is 16.7 Å². The van der Waals surface area contributed by atoms with E-state index in [0.29, 0.717) is 0 Å². The lowest BCUT2D eigenvalue weighted by Crippen LogP contribution is -2.20. The zero-order chi connectivity index (χ0) is 35.2. The van der Waals surface area contributed by atoms with E-state index in [9.17, 15) is 0 Å². The molecule has 0 bridgehead atoms. The molecular formula is C44H38BrClN6O. The van der Waals surface area contributed by atoms with E-state index in [1.807, 2.05) is 48.5 Å². The molecule has 5 heterocycles. The number of nitrogens with two attached hydrogens (primary N) is 2. The van der Waals surface area contributed by atoms with Crippen molar-refractivity contribution in [2.45, 2.75) is 25.9 Å². The number of hydrogen-bond donors (Lipinski definition) is 2. The van der Waals surface area contributed by atoms with Crippen molar-refractivity contribution in [1.29, 1.82) is 0 Å². The van der Waals surface area contributed by atoms with Gasteiger partial charge in [-0.3, -0.25) is 0 Å². The van der Waals surface area contributed by atoms with Gasteiger partial charge in [0.05, 0.1) is 11.0 Å². The van der Waals surface area contributed by atoms with Gasteiger partial charge in [-0.25, -0.2) is 9.97 Å². The number of aromatic nitrogens is 2. The maximum absolute atomic E-state index is 6.65. The molecule has 53 heavy (non-hydrogen) atoms. The molecule has 0 unspecified atom stereocenters. The first kappa shape index (κ1) is 34.5. The average molecular weight is 782 g/mol. The zero-order valence-electron chi connectivity index (χ0n) is 29.0. The molecule has 8 aromatic rings. The van der Waals surface area contributed by atoms with Gasteiger partial charge in [-0.05, 0) is 72.5 Å². The second-order valence-electron chi connectivity index (χ2n) is 13.5. The largest absolute Gasteiger partial charge is 0.456 e. The number of fused-ring (bicyclic) bond motifs is 5. The van der Waals surface area contributed by atoms with Crippen LogP contribution in [0.2, 0.25) is 0 Å². The second kappa shape index (κ2) is 14.5. The topological polar surface area (TPSA) is 97.4 Å². The fourth-order valence-corrected chi connectivity index (χ4v) is 7.88. The molecule has 0 atom stereocenters. The Bertz CT molecular complexity index is 2560. The highest BCUT2D eigenvalue weighted by Gasteiger charge is 2.26. The molecule has 0 radical (unpaired) electrons. The van der Waals surface area contributed by atoms with Crippen LogP contribution in [0.3, 0.4) is 0 Å². The van der Waals surface area contributed by atoms with Crippen molar-refractivity contribution < 1.29 is 4.42 Å². The van der Waals surface area contributed by atoms with Crippen molar-refractivity contribution >= 4 is 84.1 Å². The van der Waals surface area contributed by atoms with Gasteiger partial charge in [-0.15, -0.1) is 12.4 Å². The van der Waals surface area contributed by atoms with E-state index in [-0.39, 0.29) is 12.4 Å². The summed E-state index contributed by atoms with van der Waals surface area (Å²) in [7, 11) is 0. The lowest BCUT2D eigenvalue weighted by molar-refractivity contribution is 0.631. The van der Waals surface area contributed by atoms with Crippen LogP contribution in [0.15, 0.2) is 136 Å². The Morgan fingerprint density at radius 2 is 1.13 bits per heavy atom. The fourth-order valence-electron chi connectivity index (χ4n) is 7.51. The van der Waals surface area contributed by atoms with Gasteiger partial charge < -0.3 is 25.7 Å². The van der Waals surface area contributed by atoms with Gasteiger partial charge in [0.1, 0.15) is 23.0 Å². The molecule has 2 aliphatic heterocycles. The summed E-state index contributed by atoms with van der Waals surface area (Å²) in [5.41, 5.74) is 23.5. The van der Waals surface area contributed by atoms with Crippen molar-refractivity contribution in [2.24, 2.45) is 0 Å². The molecule has 264 valence electrons. The minimum Gasteiger partial charge on any atom is -0.456 e. The van der Waals surface area contributed by atoms with Gasteiger partial charge in [0.25, 0.3) is 0 Å². The van der Waals surface area contributed by atoms with E-state index >= 15 is 0 Å². The molecule has 0 aliphatic carbocycles. The van der Waals surface area contributed by atoms with Gasteiger partial charge in [-0.1, -0.05) is 94.8 Å². The molecule has 7 nitrogen and oxygen atoms in total. The number of anilines is 4. The third kappa shape index (κ3) is 6.65. The highest BCUT2D eigenvalue weighted by atomic mass is 79.9. The van der Waals surface area contributed by atoms with Crippen LogP contribution < -0.4 is 21.3 Å². The van der Waals surface area contributed by atoms with Gasteiger partial charge in [0, 0.05) is 74.9 Å². The quantitative estimate of drug-likeness (QED) is 0.179. The number of hydrogen-bond acceptors (Lipinski definition) is 7. The number of para-hydroxylation sites is 1. The van der Waals surface area contributed by atoms with Crippen LogP contribution in [0, 0.1) is 0 Å². The lowest BCUT2D eigenvalue weighted by Gasteiger charge is -2.19. The maximum Gasteiger partial charge on any atom is 0.135 e. The summed E-state index contributed by atoms with van der Waals surface area (Å²) in [6.07, 6.45) is 1.88. The van der Waals surface area contributed by atoms with Crippen LogP contribution in [-0.4, -0.2) is 23.1 Å². The Morgan fingerprint density at radius 1 is 0.604 bits per heavy atom. The van der Waals surface area contributed by atoms with Crippen molar-refractivity contribution in [3.8, 4) is 11.3 Å². The number of furan rings is 1. The van der Waals surface area contributed by atoms with Gasteiger partial charge in [0.15, 0.2) is 0 Å². The Labute approximate surface area is 322 Å². The van der Waals surface area contributed by atoms with Crippen LogP contribution in [0.5, 0.6) is 0 Å². The van der Waals surface area contributed by atoms with Crippen LogP contribution >= 0.6 is 28.3 Å². The predicted octanol–water partition coefficient (Wildman–Crippen LogP) is 10.4. The Balaban J connectivity index is 0.000000155. The summed E-state index contributed by atoms with van der Waals surface area (Å²) in [5, 5.41) is 3.13. The summed E-state index contributed by atoms with van der Waals surface area (Å²) in [6.45, 7) is 3.64. The van der Waals surface area contributed by atoms with Crippen LogP contribution in [0.25, 0.3) is 44.1 Å². The summed E-state index contributed by atoms with van der Waals surface area (Å²) >= 11 is 3.51. The van der Waals surface area contributed by atoms with Crippen molar-refractivity contribution in [3.63, 3.8) is 0 Å². The third-order valence-electron chi connectivity index (χ3n) is 10.2. The van der Waals surface area contributed by atoms with Gasteiger partial charge in [-0.2, -0.15) is 0 Å². The molecule has 9 heteroatoms. The molecule has 0 spiro atoms. The lowest BCUT2D eigenvalue weighted by atomic mass is 10.0. The van der Waals surface area contributed by atoms with Crippen molar-refractivity contribution in [3.05, 3.63) is 154 Å². The predicted molar refractivity (Wildman–Crippen MR) is 225 cm³/mol. The molecule has 0 saturated heterocycles. The molecule has 0 amide bonds. The Morgan fingerprint density at radius 3 is 1.72 bits per heavy atom. The average Bonchev–Trinajstić information content (AvgIpc) is 3.91. The Hall–Kier alpha value is -5.57. The fraction of sp³-hybridized carbons (Fsp3) is 0.136. The number of benzene rings is 5. The summed E-state index contributed by atoms with van der Waals surface area (Å²) < 4.78 is 7.08. The van der Waals surface area contributed by atoms with Crippen LogP contribution in [0.4, 0.5) is 23.0 Å². The number of rotatable bonds is 5. The van der Waals surface area contributed by atoms with E-state index in [4.69, 9.17) is 25.9 Å². The molecule has 0 saturated carbocycles. The van der Waals surface area contributed by atoms with E-state index < -0.39 is 0 Å². The van der Waals surface area contributed by atoms with E-state index in [2.05, 4.69) is 105 Å². The molecule has 0 fully saturated rings. The first-order chi connectivity index (χ1) is 25.5. The molecule has 4 N–H and O–H groups in total. The molecule has 10 rings (SSSR count). The van der Waals surface area contributed by atoms with Gasteiger partial charge >= 0.3 is 0 Å². The smallest absolute Gasteiger partial charge is 0.135 e. The SMILES string of the molecule is Cl.Nc1c2c(nc3ccc(-c4cc5ccccc5o4)cc13)N(Cc1ccccc1)CC2.Nc1c2c(nc3ccc(Br)cc13)N(Cc1ccccc1)CC2. The van der Waals surface area contributed by atoms with Gasteiger partial charge in [0.2, 0.25) is 0 Å².